The molecule has 0 unspecified atom stereocenters. The summed E-state index contributed by atoms with van der Waals surface area (Å²) in [5.41, 5.74) is 1.18. The molecule has 27 heavy (non-hydrogen) atoms. The second kappa shape index (κ2) is 9.46. The highest BCUT2D eigenvalue weighted by Crippen LogP contribution is 2.12. The molecule has 3 rings (SSSR count). The predicted molar refractivity (Wildman–Crippen MR) is 107 cm³/mol. The lowest BCUT2D eigenvalue weighted by atomic mass is 10.1. The summed E-state index contributed by atoms with van der Waals surface area (Å²) in [6, 6.07) is 11.3. The Morgan fingerprint density at radius 3 is 2.63 bits per heavy atom. The van der Waals surface area contributed by atoms with Gasteiger partial charge in [0.2, 0.25) is 0 Å². The summed E-state index contributed by atoms with van der Waals surface area (Å²) in [5.74, 6) is 1.23. The maximum atomic E-state index is 12.4. The van der Waals surface area contributed by atoms with Crippen molar-refractivity contribution in [1.82, 2.24) is 15.1 Å². The van der Waals surface area contributed by atoms with Crippen LogP contribution in [-0.2, 0) is 6.42 Å². The Hall–Kier alpha value is -2.47. The molecular weight excluding hydrogens is 364 g/mol. The zero-order valence-corrected chi connectivity index (χ0v) is 16.3. The third kappa shape index (κ3) is 5.26. The molecule has 0 saturated carbocycles. The standard InChI is InChI=1S/C20H25ClN4O2/c1-2-22-20(23-9-8-16-5-3-6-17(21)15-16)25-12-10-24(11-13-25)19(26)18-7-4-14-27-18/h3-7,14-15H,2,8-13H2,1H3,(H,22,23). The second-order valence-corrected chi connectivity index (χ2v) is 6.81. The van der Waals surface area contributed by atoms with Gasteiger partial charge in [0.25, 0.3) is 5.91 Å². The van der Waals surface area contributed by atoms with E-state index >= 15 is 0 Å². The van der Waals surface area contributed by atoms with Gasteiger partial charge in [-0.05, 0) is 43.2 Å². The summed E-state index contributed by atoms with van der Waals surface area (Å²) in [4.78, 5) is 21.2. The molecule has 0 aliphatic carbocycles. The van der Waals surface area contributed by atoms with Gasteiger partial charge in [0.15, 0.2) is 11.7 Å². The van der Waals surface area contributed by atoms with Crippen molar-refractivity contribution in [2.24, 2.45) is 4.99 Å². The van der Waals surface area contributed by atoms with Gasteiger partial charge in [-0.25, -0.2) is 0 Å². The number of hydrogen-bond acceptors (Lipinski definition) is 3. The molecule has 1 fully saturated rings. The number of benzene rings is 1. The molecule has 2 aromatic rings. The number of nitrogens with one attached hydrogen (secondary N) is 1. The number of guanidine groups is 1. The van der Waals surface area contributed by atoms with Crippen molar-refractivity contribution in [2.75, 3.05) is 39.3 Å². The van der Waals surface area contributed by atoms with Crippen molar-refractivity contribution in [3.05, 3.63) is 59.0 Å². The maximum Gasteiger partial charge on any atom is 0.289 e. The predicted octanol–water partition coefficient (Wildman–Crippen LogP) is 2.90. The van der Waals surface area contributed by atoms with Gasteiger partial charge in [0, 0.05) is 44.3 Å². The largest absolute Gasteiger partial charge is 0.459 e. The normalized spacial score (nSPS) is 15.1. The first-order chi connectivity index (χ1) is 13.2. The molecule has 6 nitrogen and oxygen atoms in total. The van der Waals surface area contributed by atoms with Gasteiger partial charge in [0.05, 0.1) is 6.26 Å². The molecule has 2 heterocycles. The monoisotopic (exact) mass is 388 g/mol. The van der Waals surface area contributed by atoms with E-state index in [0.29, 0.717) is 25.4 Å². The number of carbonyl (C=O) groups is 1. The Labute approximate surface area is 164 Å². The molecule has 1 aliphatic heterocycles. The summed E-state index contributed by atoms with van der Waals surface area (Å²) < 4.78 is 5.21. The summed E-state index contributed by atoms with van der Waals surface area (Å²) in [6.45, 7) is 6.35. The molecule has 1 aromatic carbocycles. The number of piperazine rings is 1. The first kappa shape index (κ1) is 19.3. The Morgan fingerprint density at radius 1 is 1.19 bits per heavy atom. The van der Waals surface area contributed by atoms with Gasteiger partial charge in [-0.15, -0.1) is 0 Å². The minimum Gasteiger partial charge on any atom is -0.459 e. The van der Waals surface area contributed by atoms with Crippen molar-refractivity contribution in [2.45, 2.75) is 13.3 Å². The van der Waals surface area contributed by atoms with Crippen LogP contribution in [0.1, 0.15) is 23.0 Å². The number of amides is 1. The number of carbonyl (C=O) groups excluding carboxylic acids is 1. The molecule has 0 atom stereocenters. The summed E-state index contributed by atoms with van der Waals surface area (Å²) in [7, 11) is 0. The van der Waals surface area contributed by atoms with Crippen LogP contribution in [0.3, 0.4) is 0 Å². The first-order valence-corrected chi connectivity index (χ1v) is 9.65. The van der Waals surface area contributed by atoms with E-state index in [1.54, 1.807) is 12.1 Å². The van der Waals surface area contributed by atoms with Gasteiger partial charge in [-0.2, -0.15) is 0 Å². The summed E-state index contributed by atoms with van der Waals surface area (Å²) >= 11 is 6.04. The van der Waals surface area contributed by atoms with Crippen LogP contribution in [0.5, 0.6) is 0 Å². The van der Waals surface area contributed by atoms with Gasteiger partial charge in [-0.1, -0.05) is 23.7 Å². The molecule has 1 amide bonds. The smallest absolute Gasteiger partial charge is 0.289 e. The maximum absolute atomic E-state index is 12.4. The van der Waals surface area contributed by atoms with Crippen LogP contribution in [-0.4, -0.2) is 60.9 Å². The molecule has 1 aromatic heterocycles. The third-order valence-corrected chi connectivity index (χ3v) is 4.72. The van der Waals surface area contributed by atoms with Crippen LogP contribution in [0.15, 0.2) is 52.1 Å². The first-order valence-electron chi connectivity index (χ1n) is 9.28. The number of nitrogens with zero attached hydrogens (tertiary/aromatic N) is 3. The van der Waals surface area contributed by atoms with Gasteiger partial charge >= 0.3 is 0 Å². The van der Waals surface area contributed by atoms with Crippen LogP contribution in [0, 0.1) is 0 Å². The molecule has 1 aliphatic rings. The third-order valence-electron chi connectivity index (χ3n) is 4.48. The van der Waals surface area contributed by atoms with Crippen LogP contribution in [0.25, 0.3) is 0 Å². The van der Waals surface area contributed by atoms with Crippen LogP contribution in [0.2, 0.25) is 5.02 Å². The van der Waals surface area contributed by atoms with Crippen molar-refractivity contribution in [1.29, 1.82) is 0 Å². The molecule has 7 heteroatoms. The highest BCUT2D eigenvalue weighted by Gasteiger charge is 2.25. The lowest BCUT2D eigenvalue weighted by Gasteiger charge is -2.36. The van der Waals surface area contributed by atoms with E-state index in [4.69, 9.17) is 21.0 Å². The molecule has 1 N–H and O–H groups in total. The quantitative estimate of drug-likeness (QED) is 0.632. The van der Waals surface area contributed by atoms with Crippen molar-refractivity contribution in [3.63, 3.8) is 0 Å². The van der Waals surface area contributed by atoms with E-state index in [1.807, 2.05) is 23.1 Å². The van der Waals surface area contributed by atoms with E-state index in [9.17, 15) is 4.79 Å². The number of aliphatic imine (C=N–C) groups is 1. The van der Waals surface area contributed by atoms with Gasteiger partial charge < -0.3 is 19.5 Å². The van der Waals surface area contributed by atoms with Crippen molar-refractivity contribution < 1.29 is 9.21 Å². The lowest BCUT2D eigenvalue weighted by Crippen LogP contribution is -2.53. The Morgan fingerprint density at radius 2 is 1.96 bits per heavy atom. The molecule has 1 saturated heterocycles. The van der Waals surface area contributed by atoms with E-state index in [1.165, 1.54) is 11.8 Å². The van der Waals surface area contributed by atoms with Crippen molar-refractivity contribution in [3.8, 4) is 0 Å². The Balaban J connectivity index is 1.55. The molecule has 0 bridgehead atoms. The summed E-state index contributed by atoms with van der Waals surface area (Å²) in [5, 5.41) is 4.10. The topological polar surface area (TPSA) is 61.1 Å². The van der Waals surface area contributed by atoms with E-state index in [-0.39, 0.29) is 5.91 Å². The number of hydrogen-bond donors (Lipinski definition) is 1. The van der Waals surface area contributed by atoms with E-state index < -0.39 is 0 Å². The highest BCUT2D eigenvalue weighted by molar-refractivity contribution is 6.30. The fraction of sp³-hybridized carbons (Fsp3) is 0.400. The average molecular weight is 389 g/mol. The van der Waals surface area contributed by atoms with Crippen LogP contribution >= 0.6 is 11.6 Å². The van der Waals surface area contributed by atoms with Crippen molar-refractivity contribution >= 4 is 23.5 Å². The Bertz CT molecular complexity index is 768. The fourth-order valence-corrected chi connectivity index (χ4v) is 3.30. The number of furan rings is 1. The minimum atomic E-state index is -0.0532. The van der Waals surface area contributed by atoms with E-state index in [2.05, 4.69) is 23.2 Å². The highest BCUT2D eigenvalue weighted by atomic mass is 35.5. The molecule has 0 spiro atoms. The lowest BCUT2D eigenvalue weighted by molar-refractivity contribution is 0.0657. The average Bonchev–Trinajstić information content (AvgIpc) is 3.22. The molecule has 0 radical (unpaired) electrons. The second-order valence-electron chi connectivity index (χ2n) is 6.37. The zero-order valence-electron chi connectivity index (χ0n) is 15.5. The SMILES string of the molecule is CCNC(=NCCc1cccc(Cl)c1)N1CCN(C(=O)c2ccco2)CC1. The number of halogens is 1. The minimum absolute atomic E-state index is 0.0532. The van der Waals surface area contributed by atoms with Gasteiger partial charge in [-0.3, -0.25) is 9.79 Å². The van der Waals surface area contributed by atoms with E-state index in [0.717, 1.165) is 37.0 Å². The molecule has 144 valence electrons. The Kier molecular flexibility index (Phi) is 6.76. The summed E-state index contributed by atoms with van der Waals surface area (Å²) in [6.07, 6.45) is 2.37. The number of rotatable bonds is 5. The zero-order chi connectivity index (χ0) is 19.1. The fourth-order valence-electron chi connectivity index (χ4n) is 3.09. The van der Waals surface area contributed by atoms with Gasteiger partial charge in [0.1, 0.15) is 0 Å². The van der Waals surface area contributed by atoms with Crippen LogP contribution in [0.4, 0.5) is 0 Å². The molecular formula is C20H25ClN4O2. The van der Waals surface area contributed by atoms with Crippen LogP contribution < -0.4 is 5.32 Å².